The van der Waals surface area contributed by atoms with Gasteiger partial charge in [-0.05, 0) is 103 Å². The minimum Gasteiger partial charge on any atom is -0.462 e. The van der Waals surface area contributed by atoms with Gasteiger partial charge in [-0.3, -0.25) is 14.4 Å². The standard InChI is InChI=1S/C76H140O6/c1-4-7-10-13-16-19-22-25-27-29-31-33-35-36-37-38-39-40-42-43-45-47-49-51-54-57-60-63-66-69-75(78)81-72-73(71-80-74(77)68-65-62-59-56-53-24-21-18-15-12-9-6-3)82-76(79)70-67-64-61-58-55-52-50-48-46-44-41-34-32-30-28-26-23-20-17-14-11-8-5-2/h18,21,23,26,29-32,73H,4-17,19-20,22,24-25,27-28,33-72H2,1-3H3/b21-18-,26-23-,31-29-,32-30-. The first-order valence-electron chi connectivity index (χ1n) is 36.6. The lowest BCUT2D eigenvalue weighted by Crippen LogP contribution is -2.30. The third-order valence-electron chi connectivity index (χ3n) is 16.5. The van der Waals surface area contributed by atoms with E-state index in [4.69, 9.17) is 14.2 Å². The van der Waals surface area contributed by atoms with E-state index >= 15 is 0 Å². The van der Waals surface area contributed by atoms with Crippen molar-refractivity contribution in [3.8, 4) is 0 Å². The van der Waals surface area contributed by atoms with Gasteiger partial charge >= 0.3 is 17.9 Å². The second-order valence-electron chi connectivity index (χ2n) is 24.8. The van der Waals surface area contributed by atoms with Gasteiger partial charge in [0.15, 0.2) is 6.10 Å². The van der Waals surface area contributed by atoms with Crippen molar-refractivity contribution in [2.45, 2.75) is 406 Å². The van der Waals surface area contributed by atoms with Gasteiger partial charge < -0.3 is 14.2 Å². The topological polar surface area (TPSA) is 78.9 Å². The Labute approximate surface area is 511 Å². The molecule has 0 aliphatic rings. The summed E-state index contributed by atoms with van der Waals surface area (Å²) in [5.41, 5.74) is 0. The van der Waals surface area contributed by atoms with E-state index in [-0.39, 0.29) is 31.1 Å². The van der Waals surface area contributed by atoms with Crippen molar-refractivity contribution in [2.24, 2.45) is 0 Å². The van der Waals surface area contributed by atoms with Crippen LogP contribution in [0.5, 0.6) is 0 Å². The third-order valence-corrected chi connectivity index (χ3v) is 16.5. The Morgan fingerprint density at radius 1 is 0.244 bits per heavy atom. The summed E-state index contributed by atoms with van der Waals surface area (Å²) in [5.74, 6) is -0.859. The normalized spacial score (nSPS) is 12.3. The first-order chi connectivity index (χ1) is 40.5. The number of hydrogen-bond acceptors (Lipinski definition) is 6. The number of esters is 3. The molecule has 0 saturated heterocycles. The number of unbranched alkanes of at least 4 members (excludes halogenated alkanes) is 49. The zero-order valence-electron chi connectivity index (χ0n) is 55.3. The summed E-state index contributed by atoms with van der Waals surface area (Å²) >= 11 is 0. The van der Waals surface area contributed by atoms with Crippen molar-refractivity contribution < 1.29 is 28.6 Å². The van der Waals surface area contributed by atoms with Crippen LogP contribution in [0.1, 0.15) is 400 Å². The van der Waals surface area contributed by atoms with Crippen LogP contribution in [-0.4, -0.2) is 37.2 Å². The molecule has 0 heterocycles. The number of carbonyl (C=O) groups is 3. The van der Waals surface area contributed by atoms with Gasteiger partial charge in [0.25, 0.3) is 0 Å². The van der Waals surface area contributed by atoms with Crippen molar-refractivity contribution in [2.75, 3.05) is 13.2 Å². The van der Waals surface area contributed by atoms with Crippen molar-refractivity contribution in [3.63, 3.8) is 0 Å². The lowest BCUT2D eigenvalue weighted by atomic mass is 10.0. The minimum absolute atomic E-state index is 0.0725. The Morgan fingerprint density at radius 2 is 0.439 bits per heavy atom. The van der Waals surface area contributed by atoms with Gasteiger partial charge in [0, 0.05) is 19.3 Å². The molecule has 0 fully saturated rings. The maximum absolute atomic E-state index is 13.0. The molecule has 0 rings (SSSR count). The molecule has 0 aliphatic heterocycles. The molecule has 0 radical (unpaired) electrons. The monoisotopic (exact) mass is 1150 g/mol. The lowest BCUT2D eigenvalue weighted by Gasteiger charge is -2.18. The molecule has 0 aromatic rings. The van der Waals surface area contributed by atoms with E-state index in [1.54, 1.807) is 0 Å². The van der Waals surface area contributed by atoms with Crippen LogP contribution in [0.4, 0.5) is 0 Å². The van der Waals surface area contributed by atoms with Crippen LogP contribution in [0.3, 0.4) is 0 Å². The highest BCUT2D eigenvalue weighted by Gasteiger charge is 2.19. The molecule has 0 amide bonds. The van der Waals surface area contributed by atoms with Gasteiger partial charge in [-0.15, -0.1) is 0 Å². The highest BCUT2D eigenvalue weighted by molar-refractivity contribution is 5.71. The Morgan fingerprint density at radius 3 is 0.707 bits per heavy atom. The lowest BCUT2D eigenvalue weighted by molar-refractivity contribution is -0.167. The predicted molar refractivity (Wildman–Crippen MR) is 358 cm³/mol. The smallest absolute Gasteiger partial charge is 0.306 e. The molecule has 0 bridgehead atoms. The molecule has 0 saturated carbocycles. The molecule has 0 N–H and O–H groups in total. The molecule has 1 unspecified atom stereocenters. The summed E-state index contributed by atoms with van der Waals surface area (Å²) < 4.78 is 17.0. The van der Waals surface area contributed by atoms with Crippen LogP contribution in [0.25, 0.3) is 0 Å². The molecule has 480 valence electrons. The SMILES string of the molecule is CCCCC/C=C\CCCCCCCC(=O)OCC(COC(=O)CCCCCCCCCCCCCCCCCCC/C=C\CCCCCCCCCC)OC(=O)CCCCCCCCCCCCC/C=C\C/C=C\CCCCCCC. The van der Waals surface area contributed by atoms with E-state index in [0.29, 0.717) is 19.3 Å². The van der Waals surface area contributed by atoms with E-state index < -0.39 is 6.10 Å². The summed E-state index contributed by atoms with van der Waals surface area (Å²) in [6, 6.07) is 0. The predicted octanol–water partition coefficient (Wildman–Crippen LogP) is 25.3. The van der Waals surface area contributed by atoms with Crippen LogP contribution in [0.15, 0.2) is 48.6 Å². The molecule has 0 aromatic heterocycles. The van der Waals surface area contributed by atoms with Gasteiger partial charge in [-0.2, -0.15) is 0 Å². The van der Waals surface area contributed by atoms with Crippen LogP contribution in [0, 0.1) is 0 Å². The fourth-order valence-corrected chi connectivity index (χ4v) is 11.0. The molecule has 0 spiro atoms. The number of carbonyl (C=O) groups excluding carboxylic acids is 3. The number of ether oxygens (including phenoxy) is 3. The largest absolute Gasteiger partial charge is 0.462 e. The molecular formula is C76H140O6. The zero-order chi connectivity index (χ0) is 59.2. The van der Waals surface area contributed by atoms with Crippen LogP contribution in [-0.2, 0) is 28.6 Å². The van der Waals surface area contributed by atoms with E-state index in [2.05, 4.69) is 69.4 Å². The summed E-state index contributed by atoms with van der Waals surface area (Å²) in [6.45, 7) is 6.66. The molecule has 0 aromatic carbocycles. The van der Waals surface area contributed by atoms with Crippen molar-refractivity contribution >= 4 is 17.9 Å². The second-order valence-corrected chi connectivity index (χ2v) is 24.8. The number of allylic oxidation sites excluding steroid dienone is 8. The summed E-state index contributed by atoms with van der Waals surface area (Å²) in [7, 11) is 0. The Bertz CT molecular complexity index is 1410. The Balaban J connectivity index is 4.18. The van der Waals surface area contributed by atoms with Crippen LogP contribution < -0.4 is 0 Å². The van der Waals surface area contributed by atoms with Crippen molar-refractivity contribution in [1.29, 1.82) is 0 Å². The molecule has 6 heteroatoms. The fourth-order valence-electron chi connectivity index (χ4n) is 11.0. The number of hydrogen-bond donors (Lipinski definition) is 0. The highest BCUT2D eigenvalue weighted by Crippen LogP contribution is 2.18. The number of rotatable bonds is 68. The maximum Gasteiger partial charge on any atom is 0.306 e. The summed E-state index contributed by atoms with van der Waals surface area (Å²) in [6.07, 6.45) is 90.1. The first kappa shape index (κ1) is 79.4. The first-order valence-corrected chi connectivity index (χ1v) is 36.6. The minimum atomic E-state index is -0.777. The van der Waals surface area contributed by atoms with E-state index in [0.717, 1.165) is 70.6 Å². The average molecular weight is 1150 g/mol. The molecule has 0 aliphatic carbocycles. The fraction of sp³-hybridized carbons (Fsp3) is 0.855. The van der Waals surface area contributed by atoms with E-state index in [1.807, 2.05) is 0 Å². The zero-order valence-corrected chi connectivity index (χ0v) is 55.3. The van der Waals surface area contributed by atoms with Crippen LogP contribution in [0.2, 0.25) is 0 Å². The van der Waals surface area contributed by atoms with Gasteiger partial charge in [0.05, 0.1) is 0 Å². The highest BCUT2D eigenvalue weighted by atomic mass is 16.6. The summed E-state index contributed by atoms with van der Waals surface area (Å²) in [5, 5.41) is 0. The molecule has 1 atom stereocenters. The van der Waals surface area contributed by atoms with Crippen LogP contribution >= 0.6 is 0 Å². The van der Waals surface area contributed by atoms with Gasteiger partial charge in [0.1, 0.15) is 13.2 Å². The molecule has 6 nitrogen and oxygen atoms in total. The van der Waals surface area contributed by atoms with E-state index in [9.17, 15) is 14.4 Å². The van der Waals surface area contributed by atoms with Crippen molar-refractivity contribution in [1.82, 2.24) is 0 Å². The van der Waals surface area contributed by atoms with E-state index in [1.165, 1.54) is 289 Å². The Hall–Kier alpha value is -2.63. The summed E-state index contributed by atoms with van der Waals surface area (Å²) in [4.78, 5) is 38.4. The molecular weight excluding hydrogens is 1010 g/mol. The quantitative estimate of drug-likeness (QED) is 0.0261. The molecule has 82 heavy (non-hydrogen) atoms. The van der Waals surface area contributed by atoms with Gasteiger partial charge in [-0.1, -0.05) is 326 Å². The Kier molecular flexibility index (Phi) is 68.6. The van der Waals surface area contributed by atoms with Gasteiger partial charge in [0.2, 0.25) is 0 Å². The average Bonchev–Trinajstić information content (AvgIpc) is 3.47. The van der Waals surface area contributed by atoms with Gasteiger partial charge in [-0.25, -0.2) is 0 Å². The maximum atomic E-state index is 13.0. The second kappa shape index (κ2) is 70.9. The third kappa shape index (κ3) is 68.2. The van der Waals surface area contributed by atoms with Crippen molar-refractivity contribution in [3.05, 3.63) is 48.6 Å².